The number of nitrogens with one attached hydrogen (secondary N) is 2. The van der Waals surface area contributed by atoms with E-state index >= 15 is 0 Å². The smallest absolute Gasteiger partial charge is 0.412 e. The molecule has 0 atom stereocenters. The molecule has 0 saturated carbocycles. The Labute approximate surface area is 113 Å². The molecule has 0 bridgehead atoms. The summed E-state index contributed by atoms with van der Waals surface area (Å²) in [6, 6.07) is 6.91. The van der Waals surface area contributed by atoms with Crippen molar-refractivity contribution in [1.82, 2.24) is 0 Å². The molecule has 0 aliphatic heterocycles. The number of anilines is 2. The largest absolute Gasteiger partial charge is 0.444 e. The van der Waals surface area contributed by atoms with Crippen molar-refractivity contribution < 1.29 is 14.3 Å². The Hall–Kier alpha value is -2.04. The number of hydrogen-bond acceptors (Lipinski definition) is 3. The van der Waals surface area contributed by atoms with E-state index in [1.54, 1.807) is 52.0 Å². The molecule has 0 aliphatic carbocycles. The van der Waals surface area contributed by atoms with Gasteiger partial charge in [-0.1, -0.05) is 13.0 Å². The monoisotopic (exact) mass is 264 g/mol. The molecule has 2 N–H and O–H groups in total. The number of ether oxygens (including phenoxy) is 1. The Bertz CT molecular complexity index is 464. The Morgan fingerprint density at radius 2 is 1.74 bits per heavy atom. The van der Waals surface area contributed by atoms with Crippen molar-refractivity contribution in [2.45, 2.75) is 39.7 Å². The molecule has 104 valence electrons. The summed E-state index contributed by atoms with van der Waals surface area (Å²) in [6.07, 6.45) is -0.115. The second-order valence-electron chi connectivity index (χ2n) is 5.11. The molecule has 0 aromatic heterocycles. The highest BCUT2D eigenvalue weighted by Gasteiger charge is 2.16. The van der Waals surface area contributed by atoms with Crippen LogP contribution in [0, 0.1) is 0 Å². The Kier molecular flexibility index (Phi) is 4.92. The van der Waals surface area contributed by atoms with Crippen molar-refractivity contribution in [3.8, 4) is 0 Å². The molecule has 1 rings (SSSR count). The Balaban J connectivity index is 2.67. The molecule has 5 nitrogen and oxygen atoms in total. The van der Waals surface area contributed by atoms with E-state index in [0.29, 0.717) is 17.8 Å². The number of hydrogen-bond donors (Lipinski definition) is 2. The maximum Gasteiger partial charge on any atom is 0.412 e. The third kappa shape index (κ3) is 5.90. The first kappa shape index (κ1) is 15.0. The van der Waals surface area contributed by atoms with Crippen molar-refractivity contribution in [3.63, 3.8) is 0 Å². The van der Waals surface area contributed by atoms with Crippen LogP contribution in [0.15, 0.2) is 24.3 Å². The number of carbonyl (C=O) groups excluding carboxylic acids is 2. The first-order valence-electron chi connectivity index (χ1n) is 6.20. The van der Waals surface area contributed by atoms with Gasteiger partial charge in [-0.25, -0.2) is 4.79 Å². The van der Waals surface area contributed by atoms with Crippen molar-refractivity contribution in [3.05, 3.63) is 24.3 Å². The van der Waals surface area contributed by atoms with E-state index in [2.05, 4.69) is 10.6 Å². The summed E-state index contributed by atoms with van der Waals surface area (Å²) in [6.45, 7) is 7.16. The molecule has 1 aromatic rings. The van der Waals surface area contributed by atoms with Gasteiger partial charge in [-0.05, 0) is 39.0 Å². The van der Waals surface area contributed by atoms with Gasteiger partial charge in [-0.15, -0.1) is 0 Å². The molecule has 1 aromatic carbocycles. The minimum Gasteiger partial charge on any atom is -0.444 e. The predicted molar refractivity (Wildman–Crippen MR) is 75.2 cm³/mol. The lowest BCUT2D eigenvalue weighted by molar-refractivity contribution is -0.115. The van der Waals surface area contributed by atoms with Crippen molar-refractivity contribution in [2.24, 2.45) is 0 Å². The fourth-order valence-electron chi connectivity index (χ4n) is 1.35. The van der Waals surface area contributed by atoms with E-state index in [1.165, 1.54) is 0 Å². The van der Waals surface area contributed by atoms with Gasteiger partial charge in [0, 0.05) is 17.8 Å². The minimum absolute atomic E-state index is 0.0746. The first-order valence-corrected chi connectivity index (χ1v) is 6.20. The fraction of sp³-hybridized carbons (Fsp3) is 0.429. The molecule has 0 aliphatic rings. The van der Waals surface area contributed by atoms with E-state index in [1.807, 2.05) is 0 Å². The SMILES string of the molecule is CCC(=O)Nc1cccc(NC(=O)OC(C)(C)C)c1. The molecule has 0 spiro atoms. The third-order valence-corrected chi connectivity index (χ3v) is 2.11. The van der Waals surface area contributed by atoms with Crippen LogP contribution in [-0.4, -0.2) is 17.6 Å². The summed E-state index contributed by atoms with van der Waals surface area (Å²) in [5, 5.41) is 5.34. The highest BCUT2D eigenvalue weighted by atomic mass is 16.6. The summed E-state index contributed by atoms with van der Waals surface area (Å²) in [7, 11) is 0. The van der Waals surface area contributed by atoms with Crippen LogP contribution in [0.5, 0.6) is 0 Å². The van der Waals surface area contributed by atoms with Crippen LogP contribution in [0.4, 0.5) is 16.2 Å². The Morgan fingerprint density at radius 3 is 2.26 bits per heavy atom. The van der Waals surface area contributed by atoms with Crippen molar-refractivity contribution >= 4 is 23.4 Å². The zero-order chi connectivity index (χ0) is 14.5. The number of rotatable bonds is 3. The minimum atomic E-state index is -0.544. The second kappa shape index (κ2) is 6.22. The van der Waals surface area contributed by atoms with Crippen molar-refractivity contribution in [1.29, 1.82) is 0 Å². The molecule has 19 heavy (non-hydrogen) atoms. The van der Waals surface area contributed by atoms with Gasteiger partial charge in [0.05, 0.1) is 0 Å². The lowest BCUT2D eigenvalue weighted by Crippen LogP contribution is -2.27. The second-order valence-corrected chi connectivity index (χ2v) is 5.11. The zero-order valence-electron chi connectivity index (χ0n) is 11.7. The first-order chi connectivity index (χ1) is 8.80. The van der Waals surface area contributed by atoms with Crippen LogP contribution < -0.4 is 10.6 Å². The van der Waals surface area contributed by atoms with Crippen LogP contribution in [-0.2, 0) is 9.53 Å². The summed E-state index contributed by atoms with van der Waals surface area (Å²) >= 11 is 0. The molecule has 2 amide bonds. The van der Waals surface area contributed by atoms with Gasteiger partial charge in [0.25, 0.3) is 0 Å². The summed E-state index contributed by atoms with van der Waals surface area (Å²) in [4.78, 5) is 22.9. The maximum absolute atomic E-state index is 11.6. The van der Waals surface area contributed by atoms with Crippen LogP contribution >= 0.6 is 0 Å². The summed E-state index contributed by atoms with van der Waals surface area (Å²) in [5.74, 6) is -0.0746. The normalized spacial score (nSPS) is 10.7. The maximum atomic E-state index is 11.6. The molecular formula is C14H20N2O3. The van der Waals surface area contributed by atoms with Crippen LogP contribution in [0.1, 0.15) is 34.1 Å². The number of carbonyl (C=O) groups is 2. The van der Waals surface area contributed by atoms with Gasteiger partial charge in [0.15, 0.2) is 0 Å². The van der Waals surface area contributed by atoms with Gasteiger partial charge in [-0.2, -0.15) is 0 Å². The highest BCUT2D eigenvalue weighted by molar-refractivity contribution is 5.92. The van der Waals surface area contributed by atoms with E-state index in [9.17, 15) is 9.59 Å². The molecular weight excluding hydrogens is 244 g/mol. The topological polar surface area (TPSA) is 67.4 Å². The third-order valence-electron chi connectivity index (χ3n) is 2.11. The molecule has 0 fully saturated rings. The van der Waals surface area contributed by atoms with E-state index < -0.39 is 11.7 Å². The van der Waals surface area contributed by atoms with Crippen LogP contribution in [0.3, 0.4) is 0 Å². The average Bonchev–Trinajstić information content (AvgIpc) is 2.26. The molecule has 0 heterocycles. The van der Waals surface area contributed by atoms with E-state index in [-0.39, 0.29) is 5.91 Å². The van der Waals surface area contributed by atoms with Gasteiger partial charge < -0.3 is 10.1 Å². The zero-order valence-corrected chi connectivity index (χ0v) is 11.7. The van der Waals surface area contributed by atoms with Gasteiger partial charge in [0.1, 0.15) is 5.60 Å². The molecule has 0 unspecified atom stereocenters. The lowest BCUT2D eigenvalue weighted by Gasteiger charge is -2.19. The number of benzene rings is 1. The van der Waals surface area contributed by atoms with Crippen LogP contribution in [0.25, 0.3) is 0 Å². The van der Waals surface area contributed by atoms with Gasteiger partial charge >= 0.3 is 6.09 Å². The van der Waals surface area contributed by atoms with Gasteiger partial charge in [-0.3, -0.25) is 10.1 Å². The van der Waals surface area contributed by atoms with E-state index in [4.69, 9.17) is 4.74 Å². The summed E-state index contributed by atoms with van der Waals surface area (Å²) in [5.41, 5.74) is 0.668. The van der Waals surface area contributed by atoms with Crippen LogP contribution in [0.2, 0.25) is 0 Å². The standard InChI is InChI=1S/C14H20N2O3/c1-5-12(17)15-10-7-6-8-11(9-10)16-13(18)19-14(2,3)4/h6-9H,5H2,1-4H3,(H,15,17)(H,16,18). The highest BCUT2D eigenvalue weighted by Crippen LogP contribution is 2.16. The van der Waals surface area contributed by atoms with Gasteiger partial charge in [0.2, 0.25) is 5.91 Å². The molecule has 0 radical (unpaired) electrons. The molecule has 5 heteroatoms. The van der Waals surface area contributed by atoms with Crippen molar-refractivity contribution in [2.75, 3.05) is 10.6 Å². The lowest BCUT2D eigenvalue weighted by atomic mass is 10.2. The average molecular weight is 264 g/mol. The fourth-order valence-corrected chi connectivity index (χ4v) is 1.35. The van der Waals surface area contributed by atoms with E-state index in [0.717, 1.165) is 0 Å². The number of amides is 2. The Morgan fingerprint density at radius 1 is 1.16 bits per heavy atom. The predicted octanol–water partition coefficient (Wildman–Crippen LogP) is 3.38. The summed E-state index contributed by atoms with van der Waals surface area (Å²) < 4.78 is 5.15. The quantitative estimate of drug-likeness (QED) is 0.879. The molecule has 0 saturated heterocycles.